The van der Waals surface area contributed by atoms with Crippen molar-refractivity contribution in [1.82, 2.24) is 20.4 Å². The summed E-state index contributed by atoms with van der Waals surface area (Å²) in [4.78, 5) is 49.1. The van der Waals surface area contributed by atoms with Crippen LogP contribution >= 0.6 is 0 Å². The first-order chi connectivity index (χ1) is 15.5. The number of nitrogens with zero attached hydrogens (tertiary/aromatic N) is 2. The molecule has 0 aliphatic heterocycles. The number of aromatic nitrogens is 2. The van der Waals surface area contributed by atoms with Gasteiger partial charge in [0.2, 0.25) is 0 Å². The summed E-state index contributed by atoms with van der Waals surface area (Å²) in [6.07, 6.45) is 1.69. The van der Waals surface area contributed by atoms with Gasteiger partial charge in [-0.3, -0.25) is 14.9 Å². The maximum absolute atomic E-state index is 12.8. The van der Waals surface area contributed by atoms with Crippen molar-refractivity contribution >= 4 is 28.7 Å². The van der Waals surface area contributed by atoms with E-state index in [-0.39, 0.29) is 17.8 Å². The van der Waals surface area contributed by atoms with Gasteiger partial charge < -0.3 is 10.1 Å². The standard InChI is InChI=1S/C23H24N4O5/c1-2-3-13-24-23(31)25-19(28)15-32-22(30)20-17-11-7-8-12-18(17)21(29)27(26-20)14-16-9-5-4-6-10-16/h4-12H,2-3,13-15H2,1H3,(H2,24,25,28,31). The molecule has 3 rings (SSSR count). The lowest BCUT2D eigenvalue weighted by Gasteiger charge is -2.11. The summed E-state index contributed by atoms with van der Waals surface area (Å²) in [5, 5.41) is 9.46. The second kappa shape index (κ2) is 10.9. The van der Waals surface area contributed by atoms with Gasteiger partial charge in [0.1, 0.15) is 0 Å². The molecule has 0 radical (unpaired) electrons. The maximum atomic E-state index is 12.8. The largest absolute Gasteiger partial charge is 0.451 e. The normalized spacial score (nSPS) is 10.5. The molecule has 0 saturated carbocycles. The first-order valence-corrected chi connectivity index (χ1v) is 10.3. The van der Waals surface area contributed by atoms with Crippen molar-refractivity contribution in [2.75, 3.05) is 13.2 Å². The highest BCUT2D eigenvalue weighted by Gasteiger charge is 2.19. The molecular weight excluding hydrogens is 412 g/mol. The molecule has 0 spiro atoms. The number of unbranched alkanes of at least 4 members (excludes halogenated alkanes) is 1. The number of imide groups is 1. The molecule has 3 aromatic rings. The molecule has 166 valence electrons. The van der Waals surface area contributed by atoms with Crippen molar-refractivity contribution in [3.05, 3.63) is 76.2 Å². The molecule has 0 saturated heterocycles. The Morgan fingerprint density at radius 1 is 1.00 bits per heavy atom. The average molecular weight is 436 g/mol. The number of amides is 3. The van der Waals surface area contributed by atoms with Gasteiger partial charge >= 0.3 is 12.0 Å². The van der Waals surface area contributed by atoms with E-state index in [2.05, 4.69) is 15.7 Å². The number of carbonyl (C=O) groups is 3. The van der Waals surface area contributed by atoms with Crippen LogP contribution in [-0.2, 0) is 16.1 Å². The van der Waals surface area contributed by atoms with Crippen LogP contribution < -0.4 is 16.2 Å². The van der Waals surface area contributed by atoms with E-state index in [0.29, 0.717) is 17.3 Å². The van der Waals surface area contributed by atoms with Gasteiger partial charge in [-0.1, -0.05) is 61.9 Å². The highest BCUT2D eigenvalue weighted by atomic mass is 16.5. The molecule has 0 aliphatic rings. The quantitative estimate of drug-likeness (QED) is 0.413. The molecule has 1 heterocycles. The molecule has 1 aromatic heterocycles. The Morgan fingerprint density at radius 3 is 2.41 bits per heavy atom. The van der Waals surface area contributed by atoms with E-state index in [1.54, 1.807) is 24.3 Å². The zero-order chi connectivity index (χ0) is 22.9. The molecule has 0 atom stereocenters. The van der Waals surface area contributed by atoms with Crippen LogP contribution in [-0.4, -0.2) is 40.8 Å². The molecule has 32 heavy (non-hydrogen) atoms. The van der Waals surface area contributed by atoms with Crippen LogP contribution in [0.4, 0.5) is 4.79 Å². The van der Waals surface area contributed by atoms with Crippen molar-refractivity contribution < 1.29 is 19.1 Å². The van der Waals surface area contributed by atoms with Crippen LogP contribution in [0.15, 0.2) is 59.4 Å². The minimum atomic E-state index is -0.871. The highest BCUT2D eigenvalue weighted by molar-refractivity contribution is 6.03. The van der Waals surface area contributed by atoms with E-state index >= 15 is 0 Å². The highest BCUT2D eigenvalue weighted by Crippen LogP contribution is 2.15. The third kappa shape index (κ3) is 5.78. The number of esters is 1. The van der Waals surface area contributed by atoms with Crippen LogP contribution in [0.3, 0.4) is 0 Å². The minimum absolute atomic E-state index is 0.0867. The van der Waals surface area contributed by atoms with E-state index < -0.39 is 24.5 Å². The lowest BCUT2D eigenvalue weighted by Crippen LogP contribution is -2.41. The number of rotatable bonds is 8. The molecular formula is C23H24N4O5. The van der Waals surface area contributed by atoms with Crippen LogP contribution in [0, 0.1) is 0 Å². The molecule has 3 amide bonds. The number of urea groups is 1. The number of fused-ring (bicyclic) bond motifs is 1. The lowest BCUT2D eigenvalue weighted by atomic mass is 10.1. The predicted molar refractivity (Wildman–Crippen MR) is 118 cm³/mol. The molecule has 0 bridgehead atoms. The number of ether oxygens (including phenoxy) is 1. The van der Waals surface area contributed by atoms with E-state index in [0.717, 1.165) is 18.4 Å². The van der Waals surface area contributed by atoms with Crippen molar-refractivity contribution in [2.45, 2.75) is 26.3 Å². The first-order valence-electron chi connectivity index (χ1n) is 10.3. The number of hydrogen-bond donors (Lipinski definition) is 2. The zero-order valence-electron chi connectivity index (χ0n) is 17.7. The van der Waals surface area contributed by atoms with Crippen LogP contribution in [0.2, 0.25) is 0 Å². The van der Waals surface area contributed by atoms with Crippen LogP contribution in [0.25, 0.3) is 10.8 Å². The average Bonchev–Trinajstić information content (AvgIpc) is 2.80. The Morgan fingerprint density at radius 2 is 1.69 bits per heavy atom. The second-order valence-corrected chi connectivity index (χ2v) is 7.08. The Bertz CT molecular complexity index is 1170. The fraction of sp³-hybridized carbons (Fsp3) is 0.261. The monoisotopic (exact) mass is 436 g/mol. The predicted octanol–water partition coefficient (Wildman–Crippen LogP) is 2.23. The van der Waals surface area contributed by atoms with Crippen molar-refractivity contribution in [3.63, 3.8) is 0 Å². The third-order valence-electron chi connectivity index (χ3n) is 4.64. The topological polar surface area (TPSA) is 119 Å². The molecule has 0 unspecified atom stereocenters. The Kier molecular flexibility index (Phi) is 7.69. The Hall–Kier alpha value is -4.01. The van der Waals surface area contributed by atoms with Crippen LogP contribution in [0.5, 0.6) is 0 Å². The van der Waals surface area contributed by atoms with Crippen molar-refractivity contribution in [2.24, 2.45) is 0 Å². The van der Waals surface area contributed by atoms with Gasteiger partial charge in [-0.15, -0.1) is 0 Å². The molecule has 2 N–H and O–H groups in total. The molecule has 2 aromatic carbocycles. The number of carbonyl (C=O) groups excluding carboxylic acids is 3. The Labute approximate surface area is 184 Å². The van der Waals surface area contributed by atoms with Crippen molar-refractivity contribution in [1.29, 1.82) is 0 Å². The first kappa shape index (κ1) is 22.7. The number of benzene rings is 2. The summed E-state index contributed by atoms with van der Waals surface area (Å²) in [6.45, 7) is 1.93. The molecule has 9 nitrogen and oxygen atoms in total. The fourth-order valence-corrected chi connectivity index (χ4v) is 3.03. The van der Waals surface area contributed by atoms with E-state index in [9.17, 15) is 19.2 Å². The maximum Gasteiger partial charge on any atom is 0.359 e. The number of nitrogens with one attached hydrogen (secondary N) is 2. The SMILES string of the molecule is CCCCNC(=O)NC(=O)COC(=O)c1nn(Cc2ccccc2)c(=O)c2ccccc12. The summed E-state index contributed by atoms with van der Waals surface area (Å²) in [7, 11) is 0. The zero-order valence-corrected chi connectivity index (χ0v) is 17.7. The van der Waals surface area contributed by atoms with Gasteiger partial charge in [-0.05, 0) is 18.1 Å². The summed E-state index contributed by atoms with van der Waals surface area (Å²) in [6, 6.07) is 15.1. The van der Waals surface area contributed by atoms with Gasteiger partial charge in [-0.2, -0.15) is 5.10 Å². The minimum Gasteiger partial charge on any atom is -0.451 e. The Balaban J connectivity index is 1.76. The van der Waals surface area contributed by atoms with Gasteiger partial charge in [0.25, 0.3) is 11.5 Å². The third-order valence-corrected chi connectivity index (χ3v) is 4.64. The summed E-state index contributed by atoms with van der Waals surface area (Å²) >= 11 is 0. The van der Waals surface area contributed by atoms with E-state index in [1.807, 2.05) is 37.3 Å². The van der Waals surface area contributed by atoms with E-state index in [4.69, 9.17) is 4.74 Å². The second-order valence-electron chi connectivity index (χ2n) is 7.08. The summed E-state index contributed by atoms with van der Waals surface area (Å²) < 4.78 is 6.25. The van der Waals surface area contributed by atoms with Crippen LogP contribution in [0.1, 0.15) is 35.8 Å². The molecule has 0 aliphatic carbocycles. The summed E-state index contributed by atoms with van der Waals surface area (Å²) in [5.41, 5.74) is 0.406. The smallest absolute Gasteiger partial charge is 0.359 e. The van der Waals surface area contributed by atoms with Crippen molar-refractivity contribution in [3.8, 4) is 0 Å². The molecule has 0 fully saturated rings. The van der Waals surface area contributed by atoms with Gasteiger partial charge in [0, 0.05) is 11.9 Å². The van der Waals surface area contributed by atoms with Gasteiger partial charge in [0.15, 0.2) is 12.3 Å². The summed E-state index contributed by atoms with van der Waals surface area (Å²) in [5.74, 6) is -1.64. The number of hydrogen-bond acceptors (Lipinski definition) is 6. The van der Waals surface area contributed by atoms with E-state index in [1.165, 1.54) is 4.68 Å². The fourth-order valence-electron chi connectivity index (χ4n) is 3.03. The van der Waals surface area contributed by atoms with Gasteiger partial charge in [0.05, 0.1) is 11.9 Å². The lowest BCUT2D eigenvalue weighted by molar-refractivity contribution is -0.123. The van der Waals surface area contributed by atoms with Gasteiger partial charge in [-0.25, -0.2) is 14.3 Å². The molecule has 9 heteroatoms.